The van der Waals surface area contributed by atoms with Crippen molar-refractivity contribution in [1.29, 1.82) is 0 Å². The Kier molecular flexibility index (Phi) is 5.58. The van der Waals surface area contributed by atoms with Gasteiger partial charge in [0, 0.05) is 26.3 Å². The standard InChI is InChI=1S/C12H25NO2/c1-4-12(7-8-12)10-13-9-11(14-5-2)15-6-3/h11,13H,4-10H2,1-3H3. The highest BCUT2D eigenvalue weighted by atomic mass is 16.7. The van der Waals surface area contributed by atoms with Gasteiger partial charge >= 0.3 is 0 Å². The minimum absolute atomic E-state index is 0.0762. The van der Waals surface area contributed by atoms with Crippen LogP contribution in [0, 0.1) is 5.41 Å². The van der Waals surface area contributed by atoms with Crippen LogP contribution in [0.3, 0.4) is 0 Å². The predicted molar refractivity (Wildman–Crippen MR) is 61.9 cm³/mol. The first-order valence-electron chi connectivity index (χ1n) is 6.20. The second-order valence-corrected chi connectivity index (χ2v) is 4.32. The van der Waals surface area contributed by atoms with Crippen LogP contribution < -0.4 is 5.32 Å². The second kappa shape index (κ2) is 6.46. The Labute approximate surface area is 93.5 Å². The molecule has 0 saturated heterocycles. The minimum Gasteiger partial charge on any atom is -0.352 e. The Morgan fingerprint density at radius 1 is 1.13 bits per heavy atom. The maximum Gasteiger partial charge on any atom is 0.169 e. The van der Waals surface area contributed by atoms with Crippen molar-refractivity contribution in [3.05, 3.63) is 0 Å². The molecule has 1 fully saturated rings. The van der Waals surface area contributed by atoms with E-state index in [0.717, 1.165) is 13.1 Å². The molecule has 0 atom stereocenters. The first-order chi connectivity index (χ1) is 7.26. The molecular weight excluding hydrogens is 190 g/mol. The summed E-state index contributed by atoms with van der Waals surface area (Å²) in [5, 5.41) is 3.46. The molecule has 0 bridgehead atoms. The molecule has 1 saturated carbocycles. The van der Waals surface area contributed by atoms with Gasteiger partial charge in [0.25, 0.3) is 0 Å². The Balaban J connectivity index is 2.10. The SMILES string of the molecule is CCOC(CNCC1(CC)CC1)OCC. The molecule has 1 aliphatic carbocycles. The van der Waals surface area contributed by atoms with E-state index in [2.05, 4.69) is 12.2 Å². The van der Waals surface area contributed by atoms with E-state index < -0.39 is 0 Å². The smallest absolute Gasteiger partial charge is 0.169 e. The predicted octanol–water partition coefficient (Wildman–Crippen LogP) is 2.17. The van der Waals surface area contributed by atoms with Crippen molar-refractivity contribution in [2.75, 3.05) is 26.3 Å². The monoisotopic (exact) mass is 215 g/mol. The van der Waals surface area contributed by atoms with E-state index in [-0.39, 0.29) is 6.29 Å². The van der Waals surface area contributed by atoms with Gasteiger partial charge in [0.05, 0.1) is 0 Å². The van der Waals surface area contributed by atoms with Crippen LogP contribution in [0.25, 0.3) is 0 Å². The molecule has 0 amide bonds. The van der Waals surface area contributed by atoms with Crippen LogP contribution in [0.2, 0.25) is 0 Å². The van der Waals surface area contributed by atoms with E-state index in [1.165, 1.54) is 19.3 Å². The van der Waals surface area contributed by atoms with Crippen LogP contribution in [0.15, 0.2) is 0 Å². The molecule has 3 nitrogen and oxygen atoms in total. The van der Waals surface area contributed by atoms with Crippen LogP contribution in [-0.2, 0) is 9.47 Å². The van der Waals surface area contributed by atoms with Gasteiger partial charge < -0.3 is 14.8 Å². The van der Waals surface area contributed by atoms with Gasteiger partial charge in [0.15, 0.2) is 6.29 Å². The number of nitrogens with one attached hydrogen (secondary N) is 1. The Bertz CT molecular complexity index is 163. The molecule has 0 aromatic rings. The third-order valence-corrected chi connectivity index (χ3v) is 3.22. The normalized spacial score (nSPS) is 18.4. The zero-order chi connectivity index (χ0) is 11.1. The van der Waals surface area contributed by atoms with Gasteiger partial charge in [-0.05, 0) is 38.5 Å². The molecule has 1 N–H and O–H groups in total. The number of ether oxygens (including phenoxy) is 2. The lowest BCUT2D eigenvalue weighted by Crippen LogP contribution is -2.34. The second-order valence-electron chi connectivity index (χ2n) is 4.32. The Morgan fingerprint density at radius 2 is 1.73 bits per heavy atom. The van der Waals surface area contributed by atoms with Gasteiger partial charge in [-0.25, -0.2) is 0 Å². The van der Waals surface area contributed by atoms with Crippen molar-refractivity contribution < 1.29 is 9.47 Å². The number of rotatable bonds is 9. The van der Waals surface area contributed by atoms with E-state index in [4.69, 9.17) is 9.47 Å². The van der Waals surface area contributed by atoms with Gasteiger partial charge in [-0.3, -0.25) is 0 Å². The van der Waals surface area contributed by atoms with Crippen molar-refractivity contribution in [3.63, 3.8) is 0 Å². The molecule has 0 unspecified atom stereocenters. The summed E-state index contributed by atoms with van der Waals surface area (Å²) in [4.78, 5) is 0. The lowest BCUT2D eigenvalue weighted by molar-refractivity contribution is -0.133. The van der Waals surface area contributed by atoms with Gasteiger partial charge in [-0.15, -0.1) is 0 Å². The molecule has 0 radical (unpaired) electrons. The van der Waals surface area contributed by atoms with E-state index in [1.807, 2.05) is 13.8 Å². The van der Waals surface area contributed by atoms with E-state index in [9.17, 15) is 0 Å². The average molecular weight is 215 g/mol. The van der Waals surface area contributed by atoms with Crippen LogP contribution in [0.5, 0.6) is 0 Å². The molecular formula is C12H25NO2. The van der Waals surface area contributed by atoms with Crippen molar-refractivity contribution in [2.24, 2.45) is 5.41 Å². The third-order valence-electron chi connectivity index (χ3n) is 3.22. The fourth-order valence-electron chi connectivity index (χ4n) is 1.83. The highest BCUT2D eigenvalue weighted by Crippen LogP contribution is 2.47. The number of hydrogen-bond donors (Lipinski definition) is 1. The molecule has 0 spiro atoms. The summed E-state index contributed by atoms with van der Waals surface area (Å²) < 4.78 is 10.9. The fraction of sp³-hybridized carbons (Fsp3) is 1.00. The summed E-state index contributed by atoms with van der Waals surface area (Å²) in [5.74, 6) is 0. The summed E-state index contributed by atoms with van der Waals surface area (Å²) in [6.07, 6.45) is 3.97. The lowest BCUT2D eigenvalue weighted by Gasteiger charge is -2.19. The molecule has 90 valence electrons. The van der Waals surface area contributed by atoms with E-state index in [1.54, 1.807) is 0 Å². The first-order valence-corrected chi connectivity index (χ1v) is 6.20. The maximum atomic E-state index is 5.47. The summed E-state index contributed by atoms with van der Waals surface area (Å²) >= 11 is 0. The topological polar surface area (TPSA) is 30.5 Å². The van der Waals surface area contributed by atoms with Crippen molar-refractivity contribution >= 4 is 0 Å². The van der Waals surface area contributed by atoms with Crippen LogP contribution >= 0.6 is 0 Å². The summed E-state index contributed by atoms with van der Waals surface area (Å²) in [6, 6.07) is 0. The van der Waals surface area contributed by atoms with Crippen molar-refractivity contribution in [2.45, 2.75) is 46.3 Å². The fourth-order valence-corrected chi connectivity index (χ4v) is 1.83. The third kappa shape index (κ3) is 4.49. The zero-order valence-corrected chi connectivity index (χ0v) is 10.3. The maximum absolute atomic E-state index is 5.47. The molecule has 0 aliphatic heterocycles. The Hall–Kier alpha value is -0.120. The van der Waals surface area contributed by atoms with Gasteiger partial charge in [-0.2, -0.15) is 0 Å². The largest absolute Gasteiger partial charge is 0.352 e. The zero-order valence-electron chi connectivity index (χ0n) is 10.3. The molecule has 15 heavy (non-hydrogen) atoms. The lowest BCUT2D eigenvalue weighted by atomic mass is 10.0. The minimum atomic E-state index is -0.0762. The molecule has 1 rings (SSSR count). The Morgan fingerprint density at radius 3 is 2.13 bits per heavy atom. The highest BCUT2D eigenvalue weighted by Gasteiger charge is 2.39. The van der Waals surface area contributed by atoms with Crippen LogP contribution in [-0.4, -0.2) is 32.6 Å². The summed E-state index contributed by atoms with van der Waals surface area (Å²) in [7, 11) is 0. The molecule has 0 heterocycles. The van der Waals surface area contributed by atoms with Crippen LogP contribution in [0.1, 0.15) is 40.0 Å². The number of hydrogen-bond acceptors (Lipinski definition) is 3. The van der Waals surface area contributed by atoms with E-state index in [0.29, 0.717) is 18.6 Å². The van der Waals surface area contributed by atoms with Crippen molar-refractivity contribution in [1.82, 2.24) is 5.32 Å². The first kappa shape index (κ1) is 12.9. The quantitative estimate of drug-likeness (QED) is 0.598. The molecule has 0 aromatic heterocycles. The van der Waals surface area contributed by atoms with Gasteiger partial charge in [-0.1, -0.05) is 6.92 Å². The van der Waals surface area contributed by atoms with Gasteiger partial charge in [0.1, 0.15) is 0 Å². The molecule has 0 aromatic carbocycles. The van der Waals surface area contributed by atoms with Crippen molar-refractivity contribution in [3.8, 4) is 0 Å². The summed E-state index contributed by atoms with van der Waals surface area (Å²) in [5.41, 5.74) is 0.600. The van der Waals surface area contributed by atoms with Crippen LogP contribution in [0.4, 0.5) is 0 Å². The van der Waals surface area contributed by atoms with E-state index >= 15 is 0 Å². The molecule has 1 aliphatic rings. The highest BCUT2D eigenvalue weighted by molar-refractivity contribution is 4.93. The average Bonchev–Trinajstić information content (AvgIpc) is 2.99. The summed E-state index contributed by atoms with van der Waals surface area (Å²) in [6.45, 7) is 9.62. The van der Waals surface area contributed by atoms with Gasteiger partial charge in [0.2, 0.25) is 0 Å². The molecule has 3 heteroatoms.